The first-order valence-corrected chi connectivity index (χ1v) is 9.76. The highest BCUT2D eigenvalue weighted by molar-refractivity contribution is 9.09. The minimum absolute atomic E-state index is 0.665. The van der Waals surface area contributed by atoms with Gasteiger partial charge in [-0.15, -0.1) is 0 Å². The largest absolute Gasteiger partial charge is 0.315 e. The van der Waals surface area contributed by atoms with E-state index in [-0.39, 0.29) is 0 Å². The molecular formula is C15H30Br2N2+2. The normalized spacial score (nSPS) is 28.4. The van der Waals surface area contributed by atoms with E-state index in [0.29, 0.717) is 9.90 Å². The third-order valence-electron chi connectivity index (χ3n) is 5.41. The fourth-order valence-corrected chi connectivity index (χ4v) is 5.22. The summed E-state index contributed by atoms with van der Waals surface area (Å²) in [5.74, 6) is 0. The lowest BCUT2D eigenvalue weighted by Crippen LogP contribution is -2.48. The zero-order chi connectivity index (χ0) is 13.9. The van der Waals surface area contributed by atoms with E-state index in [1.165, 1.54) is 80.1 Å². The van der Waals surface area contributed by atoms with Crippen molar-refractivity contribution < 1.29 is 8.97 Å². The number of nitrogens with zero attached hydrogens (tertiary/aromatic N) is 2. The Bertz CT molecular complexity index is 256. The fourth-order valence-electron chi connectivity index (χ4n) is 3.75. The Morgan fingerprint density at radius 2 is 1.05 bits per heavy atom. The SMILES string of the molecule is C[N+]1(C(Br)CCCC(Br)[N+]2(C)CCCC2)CCCC1. The molecule has 0 saturated carbocycles. The van der Waals surface area contributed by atoms with Crippen molar-refractivity contribution in [2.75, 3.05) is 40.3 Å². The molecule has 2 fully saturated rings. The van der Waals surface area contributed by atoms with E-state index in [9.17, 15) is 0 Å². The molecule has 19 heavy (non-hydrogen) atoms. The van der Waals surface area contributed by atoms with E-state index in [1.807, 2.05) is 0 Å². The highest BCUT2D eigenvalue weighted by Crippen LogP contribution is 2.31. The fraction of sp³-hybridized carbons (Fsp3) is 1.00. The van der Waals surface area contributed by atoms with Crippen molar-refractivity contribution in [2.45, 2.75) is 54.8 Å². The first kappa shape index (κ1) is 16.3. The van der Waals surface area contributed by atoms with Crippen LogP contribution in [0.4, 0.5) is 0 Å². The highest BCUT2D eigenvalue weighted by Gasteiger charge is 2.36. The van der Waals surface area contributed by atoms with Gasteiger partial charge in [-0.1, -0.05) is 0 Å². The molecule has 0 aromatic carbocycles. The summed E-state index contributed by atoms with van der Waals surface area (Å²) in [6.45, 7) is 5.45. The summed E-state index contributed by atoms with van der Waals surface area (Å²) in [6, 6.07) is 0. The van der Waals surface area contributed by atoms with Crippen LogP contribution in [0.5, 0.6) is 0 Å². The average Bonchev–Trinajstić information content (AvgIpc) is 3.00. The number of quaternary nitrogens is 2. The molecule has 2 aliphatic heterocycles. The molecule has 2 unspecified atom stereocenters. The van der Waals surface area contributed by atoms with Crippen molar-refractivity contribution in [1.82, 2.24) is 0 Å². The van der Waals surface area contributed by atoms with Crippen LogP contribution < -0.4 is 0 Å². The Morgan fingerprint density at radius 1 is 0.737 bits per heavy atom. The highest BCUT2D eigenvalue weighted by atomic mass is 79.9. The van der Waals surface area contributed by atoms with Gasteiger partial charge in [0.05, 0.1) is 40.3 Å². The quantitative estimate of drug-likeness (QED) is 0.360. The van der Waals surface area contributed by atoms with Gasteiger partial charge in [0.2, 0.25) is 0 Å². The van der Waals surface area contributed by atoms with Crippen LogP contribution in [-0.4, -0.2) is 59.1 Å². The summed E-state index contributed by atoms with van der Waals surface area (Å²) in [6.07, 6.45) is 9.62. The van der Waals surface area contributed by atoms with Gasteiger partial charge in [-0.25, -0.2) is 0 Å². The molecule has 0 aromatic rings. The second-order valence-electron chi connectivity index (χ2n) is 7.07. The molecule has 112 valence electrons. The van der Waals surface area contributed by atoms with Crippen LogP contribution in [0.1, 0.15) is 44.9 Å². The van der Waals surface area contributed by atoms with Crippen LogP contribution in [-0.2, 0) is 0 Å². The maximum atomic E-state index is 3.96. The van der Waals surface area contributed by atoms with Crippen LogP contribution in [0.15, 0.2) is 0 Å². The standard InChI is InChI=1S/C15H30Br2N2/c1-18(10-3-4-11-18)14(16)8-7-9-15(17)19(2)12-5-6-13-19/h14-15H,3-13H2,1-2H3/q+2. The lowest BCUT2D eigenvalue weighted by atomic mass is 10.2. The van der Waals surface area contributed by atoms with Crippen LogP contribution >= 0.6 is 31.9 Å². The molecule has 2 heterocycles. The van der Waals surface area contributed by atoms with Gasteiger partial charge in [0.1, 0.15) is 9.90 Å². The second-order valence-corrected chi connectivity index (χ2v) is 9.18. The first-order chi connectivity index (χ1) is 8.96. The number of hydrogen-bond acceptors (Lipinski definition) is 0. The Labute approximate surface area is 136 Å². The lowest BCUT2D eigenvalue weighted by Gasteiger charge is -2.36. The molecule has 4 heteroatoms. The molecule has 2 atom stereocenters. The predicted octanol–water partition coefficient (Wildman–Crippen LogP) is 4.08. The predicted molar refractivity (Wildman–Crippen MR) is 89.6 cm³/mol. The minimum Gasteiger partial charge on any atom is -0.315 e. The second kappa shape index (κ2) is 6.76. The number of alkyl halides is 2. The van der Waals surface area contributed by atoms with Gasteiger partial charge >= 0.3 is 0 Å². The van der Waals surface area contributed by atoms with Crippen molar-refractivity contribution in [3.8, 4) is 0 Å². The molecule has 0 bridgehead atoms. The van der Waals surface area contributed by atoms with Crippen molar-refractivity contribution >= 4 is 31.9 Å². The van der Waals surface area contributed by atoms with Gasteiger partial charge in [0, 0.05) is 38.5 Å². The van der Waals surface area contributed by atoms with Crippen molar-refractivity contribution in [2.24, 2.45) is 0 Å². The van der Waals surface area contributed by atoms with E-state index in [4.69, 9.17) is 0 Å². The van der Waals surface area contributed by atoms with Crippen molar-refractivity contribution in [3.63, 3.8) is 0 Å². The number of hydrogen-bond donors (Lipinski definition) is 0. The zero-order valence-corrected chi connectivity index (χ0v) is 15.8. The van der Waals surface area contributed by atoms with Gasteiger partial charge in [0.25, 0.3) is 0 Å². The third kappa shape index (κ3) is 3.96. The lowest BCUT2D eigenvalue weighted by molar-refractivity contribution is -0.908. The summed E-state index contributed by atoms with van der Waals surface area (Å²) >= 11 is 7.92. The summed E-state index contributed by atoms with van der Waals surface area (Å²) in [5, 5.41) is 0. The summed E-state index contributed by atoms with van der Waals surface area (Å²) < 4.78 is 2.50. The van der Waals surface area contributed by atoms with Crippen molar-refractivity contribution in [3.05, 3.63) is 0 Å². The summed E-state index contributed by atoms with van der Waals surface area (Å²) in [4.78, 5) is 1.33. The van der Waals surface area contributed by atoms with Gasteiger partial charge in [-0.05, 0) is 38.3 Å². The van der Waals surface area contributed by atoms with E-state index in [1.54, 1.807) is 0 Å². The monoisotopic (exact) mass is 396 g/mol. The molecule has 2 rings (SSSR count). The Balaban J connectivity index is 1.71. The Kier molecular flexibility index (Phi) is 5.78. The third-order valence-corrected chi connectivity index (χ3v) is 8.31. The van der Waals surface area contributed by atoms with Crippen molar-refractivity contribution in [1.29, 1.82) is 0 Å². The molecule has 0 N–H and O–H groups in total. The van der Waals surface area contributed by atoms with Gasteiger partial charge in [-0.3, -0.25) is 0 Å². The summed E-state index contributed by atoms with van der Waals surface area (Å²) in [7, 11) is 4.85. The molecule has 0 amide bonds. The van der Waals surface area contributed by atoms with Gasteiger partial charge < -0.3 is 8.97 Å². The van der Waals surface area contributed by atoms with Crippen LogP contribution in [0.3, 0.4) is 0 Å². The topological polar surface area (TPSA) is 0 Å². The molecule has 0 radical (unpaired) electrons. The number of halogens is 2. The van der Waals surface area contributed by atoms with Crippen LogP contribution in [0, 0.1) is 0 Å². The van der Waals surface area contributed by atoms with E-state index in [2.05, 4.69) is 46.0 Å². The van der Waals surface area contributed by atoms with E-state index >= 15 is 0 Å². The maximum absolute atomic E-state index is 3.96. The molecule has 0 aromatic heterocycles. The average molecular weight is 398 g/mol. The molecule has 2 aliphatic rings. The zero-order valence-electron chi connectivity index (χ0n) is 12.6. The van der Waals surface area contributed by atoms with Crippen LogP contribution in [0.25, 0.3) is 0 Å². The number of rotatable bonds is 6. The molecule has 0 spiro atoms. The molecule has 0 aliphatic carbocycles. The molecule has 2 saturated heterocycles. The Hall–Kier alpha value is 0.880. The Morgan fingerprint density at radius 3 is 1.37 bits per heavy atom. The van der Waals surface area contributed by atoms with Gasteiger partial charge in [0.15, 0.2) is 0 Å². The molecular weight excluding hydrogens is 368 g/mol. The maximum Gasteiger partial charge on any atom is 0.144 e. The van der Waals surface area contributed by atoms with Gasteiger partial charge in [-0.2, -0.15) is 0 Å². The van der Waals surface area contributed by atoms with Crippen LogP contribution in [0.2, 0.25) is 0 Å². The summed E-state index contributed by atoms with van der Waals surface area (Å²) in [5.41, 5.74) is 0. The molecule has 2 nitrogen and oxygen atoms in total. The van der Waals surface area contributed by atoms with E-state index in [0.717, 1.165) is 0 Å². The minimum atomic E-state index is 0.665. The number of likely N-dealkylation sites (tertiary alicyclic amines) is 2. The first-order valence-electron chi connectivity index (χ1n) is 7.93. The smallest absolute Gasteiger partial charge is 0.144 e. The van der Waals surface area contributed by atoms with E-state index < -0.39 is 0 Å².